The lowest BCUT2D eigenvalue weighted by Crippen LogP contribution is -2.45. The SMILES string of the molecule is CC(=O)C(=O)C(Cc1ccccc1)NC(=O)c1nsnc1-c1ccc(CNC(=O)c2ccc(F)cc2)cc1. The van der Waals surface area contributed by atoms with Crippen LogP contribution >= 0.6 is 11.7 Å². The molecule has 1 aromatic heterocycles. The zero-order valence-corrected chi connectivity index (χ0v) is 21.1. The first-order valence-electron chi connectivity index (χ1n) is 11.7. The van der Waals surface area contributed by atoms with E-state index in [0.29, 0.717) is 16.8 Å². The van der Waals surface area contributed by atoms with Crippen LogP contribution in [0.1, 0.15) is 38.9 Å². The molecule has 0 bridgehead atoms. The number of carbonyl (C=O) groups excluding carboxylic acids is 4. The van der Waals surface area contributed by atoms with E-state index in [1.165, 1.54) is 31.2 Å². The van der Waals surface area contributed by atoms with Gasteiger partial charge in [-0.15, -0.1) is 0 Å². The normalized spacial score (nSPS) is 11.4. The maximum absolute atomic E-state index is 13.1. The van der Waals surface area contributed by atoms with Crippen LogP contribution in [0.4, 0.5) is 4.39 Å². The average Bonchev–Trinajstić information content (AvgIpc) is 3.42. The van der Waals surface area contributed by atoms with Gasteiger partial charge >= 0.3 is 0 Å². The molecule has 1 heterocycles. The maximum Gasteiger partial charge on any atom is 0.273 e. The number of benzene rings is 3. The molecule has 8 nitrogen and oxygen atoms in total. The van der Waals surface area contributed by atoms with E-state index in [0.717, 1.165) is 22.9 Å². The molecule has 38 heavy (non-hydrogen) atoms. The van der Waals surface area contributed by atoms with Crippen LogP contribution in [0.2, 0.25) is 0 Å². The number of Topliss-reactive ketones (excluding diaryl/α,β-unsaturated/α-hetero) is 2. The number of carbonyl (C=O) groups is 4. The van der Waals surface area contributed by atoms with Gasteiger partial charge in [0.15, 0.2) is 11.5 Å². The first-order chi connectivity index (χ1) is 18.3. The highest BCUT2D eigenvalue weighted by Gasteiger charge is 2.27. The summed E-state index contributed by atoms with van der Waals surface area (Å²) in [5.41, 5.74) is 2.94. The van der Waals surface area contributed by atoms with Crippen LogP contribution in [-0.2, 0) is 22.6 Å². The molecule has 0 saturated carbocycles. The van der Waals surface area contributed by atoms with Crippen molar-refractivity contribution in [2.75, 3.05) is 0 Å². The van der Waals surface area contributed by atoms with E-state index >= 15 is 0 Å². The van der Waals surface area contributed by atoms with Crippen LogP contribution in [0.25, 0.3) is 11.3 Å². The molecular weight excluding hydrogens is 507 g/mol. The van der Waals surface area contributed by atoms with Crippen molar-refractivity contribution >= 4 is 35.1 Å². The topological polar surface area (TPSA) is 118 Å². The molecule has 0 aliphatic rings. The molecule has 4 rings (SSSR count). The van der Waals surface area contributed by atoms with Gasteiger partial charge in [0.05, 0.1) is 17.8 Å². The number of halogens is 1. The van der Waals surface area contributed by atoms with Crippen LogP contribution < -0.4 is 10.6 Å². The fourth-order valence-electron chi connectivity index (χ4n) is 3.72. The number of ketones is 2. The lowest BCUT2D eigenvalue weighted by molar-refractivity contribution is -0.136. The zero-order valence-electron chi connectivity index (χ0n) is 20.3. The Balaban J connectivity index is 1.44. The third kappa shape index (κ3) is 6.60. The summed E-state index contributed by atoms with van der Waals surface area (Å²) in [6, 6.07) is 20.3. The minimum absolute atomic E-state index is 0.0433. The smallest absolute Gasteiger partial charge is 0.273 e. The Bertz CT molecular complexity index is 1450. The summed E-state index contributed by atoms with van der Waals surface area (Å²) >= 11 is 0.856. The Morgan fingerprint density at radius 3 is 2.18 bits per heavy atom. The van der Waals surface area contributed by atoms with Crippen LogP contribution in [0, 0.1) is 5.82 Å². The Labute approximate surface area is 222 Å². The highest BCUT2D eigenvalue weighted by atomic mass is 32.1. The minimum atomic E-state index is -1.04. The molecule has 1 atom stereocenters. The van der Waals surface area contributed by atoms with Gasteiger partial charge < -0.3 is 10.6 Å². The van der Waals surface area contributed by atoms with Crippen molar-refractivity contribution in [3.05, 3.63) is 107 Å². The van der Waals surface area contributed by atoms with Gasteiger partial charge in [0.1, 0.15) is 11.5 Å². The Hall–Kier alpha value is -4.57. The first-order valence-corrected chi connectivity index (χ1v) is 12.4. The Morgan fingerprint density at radius 1 is 0.842 bits per heavy atom. The second kappa shape index (κ2) is 12.1. The van der Waals surface area contributed by atoms with Gasteiger partial charge in [-0.05, 0) is 35.4 Å². The van der Waals surface area contributed by atoms with Gasteiger partial charge in [-0.1, -0.05) is 54.6 Å². The monoisotopic (exact) mass is 530 g/mol. The second-order valence-corrected chi connectivity index (χ2v) is 9.01. The summed E-state index contributed by atoms with van der Waals surface area (Å²) in [6.07, 6.45) is 0.163. The van der Waals surface area contributed by atoms with Gasteiger partial charge in [0.2, 0.25) is 5.78 Å². The summed E-state index contributed by atoms with van der Waals surface area (Å²) in [5.74, 6) is -2.70. The van der Waals surface area contributed by atoms with Crippen LogP contribution in [0.5, 0.6) is 0 Å². The lowest BCUT2D eigenvalue weighted by Gasteiger charge is -2.16. The third-order valence-corrected chi connectivity index (χ3v) is 6.27. The van der Waals surface area contributed by atoms with Gasteiger partial charge in [0.25, 0.3) is 11.8 Å². The van der Waals surface area contributed by atoms with Crippen molar-refractivity contribution in [2.45, 2.75) is 25.9 Å². The fraction of sp³-hybridized carbons (Fsp3) is 0.143. The van der Waals surface area contributed by atoms with Crippen molar-refractivity contribution in [3.63, 3.8) is 0 Å². The molecule has 0 aliphatic carbocycles. The summed E-state index contributed by atoms with van der Waals surface area (Å²) in [6.45, 7) is 1.42. The van der Waals surface area contributed by atoms with Gasteiger partial charge in [-0.25, -0.2) is 4.39 Å². The van der Waals surface area contributed by atoms with E-state index in [1.807, 2.05) is 30.3 Å². The first kappa shape index (κ1) is 26.5. The fourth-order valence-corrected chi connectivity index (χ4v) is 4.29. The van der Waals surface area contributed by atoms with E-state index in [2.05, 4.69) is 19.4 Å². The largest absolute Gasteiger partial charge is 0.348 e. The van der Waals surface area contributed by atoms with Crippen molar-refractivity contribution in [3.8, 4) is 11.3 Å². The van der Waals surface area contributed by atoms with Gasteiger partial charge in [-0.3, -0.25) is 19.2 Å². The van der Waals surface area contributed by atoms with Crippen LogP contribution in [0.3, 0.4) is 0 Å². The van der Waals surface area contributed by atoms with Gasteiger partial charge in [0, 0.05) is 31.0 Å². The summed E-state index contributed by atoms with van der Waals surface area (Å²) in [5, 5.41) is 5.42. The molecule has 0 aliphatic heterocycles. The number of amides is 2. The zero-order chi connectivity index (χ0) is 27.1. The molecule has 10 heteroatoms. The van der Waals surface area contributed by atoms with E-state index in [1.54, 1.807) is 24.3 Å². The van der Waals surface area contributed by atoms with Crippen molar-refractivity contribution in [1.29, 1.82) is 0 Å². The average molecular weight is 531 g/mol. The highest BCUT2D eigenvalue weighted by molar-refractivity contribution is 6.99. The molecular formula is C28H23FN4O4S. The predicted octanol–water partition coefficient (Wildman–Crippen LogP) is 3.77. The molecule has 0 fully saturated rings. The minimum Gasteiger partial charge on any atom is -0.348 e. The van der Waals surface area contributed by atoms with Gasteiger partial charge in [-0.2, -0.15) is 8.75 Å². The van der Waals surface area contributed by atoms with E-state index in [-0.39, 0.29) is 24.6 Å². The molecule has 0 saturated heterocycles. The maximum atomic E-state index is 13.1. The number of nitrogens with one attached hydrogen (secondary N) is 2. The molecule has 0 radical (unpaired) electrons. The molecule has 2 N–H and O–H groups in total. The second-order valence-electron chi connectivity index (χ2n) is 8.48. The molecule has 0 spiro atoms. The third-order valence-electron chi connectivity index (χ3n) is 5.74. The number of hydrogen-bond donors (Lipinski definition) is 2. The quantitative estimate of drug-likeness (QED) is 0.302. The predicted molar refractivity (Wildman–Crippen MR) is 140 cm³/mol. The molecule has 2 amide bonds. The number of nitrogens with zero attached hydrogens (tertiary/aromatic N) is 2. The molecule has 192 valence electrons. The summed E-state index contributed by atoms with van der Waals surface area (Å²) in [4.78, 5) is 49.6. The Morgan fingerprint density at radius 2 is 1.53 bits per heavy atom. The van der Waals surface area contributed by atoms with E-state index in [4.69, 9.17) is 0 Å². The van der Waals surface area contributed by atoms with Crippen LogP contribution in [0.15, 0.2) is 78.9 Å². The highest BCUT2D eigenvalue weighted by Crippen LogP contribution is 2.23. The molecule has 4 aromatic rings. The Kier molecular flexibility index (Phi) is 8.44. The van der Waals surface area contributed by atoms with Crippen LogP contribution in [-0.4, -0.2) is 38.2 Å². The molecule has 1 unspecified atom stereocenters. The van der Waals surface area contributed by atoms with E-state index < -0.39 is 29.3 Å². The number of aromatic nitrogens is 2. The van der Waals surface area contributed by atoms with Crippen molar-refractivity contribution in [1.82, 2.24) is 19.4 Å². The van der Waals surface area contributed by atoms with Crippen molar-refractivity contribution < 1.29 is 23.6 Å². The summed E-state index contributed by atoms with van der Waals surface area (Å²) < 4.78 is 21.4. The summed E-state index contributed by atoms with van der Waals surface area (Å²) in [7, 11) is 0. The van der Waals surface area contributed by atoms with E-state index in [9.17, 15) is 23.6 Å². The number of hydrogen-bond acceptors (Lipinski definition) is 7. The lowest BCUT2D eigenvalue weighted by atomic mass is 10.00. The molecule has 3 aromatic carbocycles. The van der Waals surface area contributed by atoms with Crippen molar-refractivity contribution in [2.24, 2.45) is 0 Å². The number of rotatable bonds is 10. The standard InChI is InChI=1S/C28H23FN4O4S/c1-17(34)26(35)23(15-18-5-3-2-4-6-18)31-28(37)25-24(32-38-33-25)20-9-7-19(8-10-20)16-30-27(36)21-11-13-22(29)14-12-21/h2-14,23H,15-16H2,1H3,(H,30,36)(H,31,37).